The summed E-state index contributed by atoms with van der Waals surface area (Å²) >= 11 is 0. The Morgan fingerprint density at radius 2 is 1.77 bits per heavy atom. The molecule has 0 fully saturated rings. The Labute approximate surface area is 151 Å². The van der Waals surface area contributed by atoms with Crippen LogP contribution in [0.1, 0.15) is 25.0 Å². The van der Waals surface area contributed by atoms with Gasteiger partial charge in [-0.2, -0.15) is 13.2 Å². The van der Waals surface area contributed by atoms with Crippen molar-refractivity contribution in [1.29, 1.82) is 0 Å². The van der Waals surface area contributed by atoms with E-state index in [2.05, 4.69) is 24.6 Å². The smallest absolute Gasteiger partial charge is 0.347 e. The maximum Gasteiger partial charge on any atom is 0.416 e. The molecule has 26 heavy (non-hydrogen) atoms. The Morgan fingerprint density at radius 1 is 1.04 bits per heavy atom. The molecule has 0 aliphatic carbocycles. The lowest BCUT2D eigenvalue weighted by Gasteiger charge is -2.11. The van der Waals surface area contributed by atoms with E-state index in [9.17, 15) is 13.2 Å². The number of benzene rings is 2. The summed E-state index contributed by atoms with van der Waals surface area (Å²) in [5, 5.41) is 1.12. The van der Waals surface area contributed by atoms with E-state index in [4.69, 9.17) is 5.73 Å². The maximum atomic E-state index is 13.0. The third-order valence-electron chi connectivity index (χ3n) is 4.46. The van der Waals surface area contributed by atoms with Gasteiger partial charge in [0, 0.05) is 23.6 Å². The summed E-state index contributed by atoms with van der Waals surface area (Å²) < 4.78 is 41.2. The highest BCUT2D eigenvalue weighted by molar-refractivity contribution is 5.88. The molecule has 138 valence electrons. The van der Waals surface area contributed by atoms with Crippen LogP contribution in [0.5, 0.6) is 0 Å². The lowest BCUT2D eigenvalue weighted by molar-refractivity contribution is -0.137. The first-order valence-corrected chi connectivity index (χ1v) is 8.79. The van der Waals surface area contributed by atoms with Gasteiger partial charge in [0.05, 0.1) is 5.56 Å². The molecule has 2 nitrogen and oxygen atoms in total. The lowest BCUT2D eigenvalue weighted by Crippen LogP contribution is -2.04. The average molecular weight is 360 g/mol. The van der Waals surface area contributed by atoms with E-state index < -0.39 is 11.7 Å². The summed E-state index contributed by atoms with van der Waals surface area (Å²) in [6, 6.07) is 11.3. The van der Waals surface area contributed by atoms with Gasteiger partial charge in [0.25, 0.3) is 0 Å². The van der Waals surface area contributed by atoms with Crippen LogP contribution in [-0.2, 0) is 19.1 Å². The number of hydrogen-bond donors (Lipinski definition) is 1. The normalized spacial score (nSPS) is 12.3. The molecule has 2 N–H and O–H groups in total. The fourth-order valence-corrected chi connectivity index (χ4v) is 3.32. The van der Waals surface area contributed by atoms with Gasteiger partial charge in [0.1, 0.15) is 0 Å². The number of nitrogens with two attached hydrogens (primary N) is 1. The molecule has 5 heteroatoms. The quantitative estimate of drug-likeness (QED) is 0.641. The van der Waals surface area contributed by atoms with E-state index in [-0.39, 0.29) is 0 Å². The molecule has 1 aromatic heterocycles. The van der Waals surface area contributed by atoms with Gasteiger partial charge in [0.2, 0.25) is 0 Å². The molecule has 3 aromatic rings. The van der Waals surface area contributed by atoms with Crippen molar-refractivity contribution in [2.24, 2.45) is 11.7 Å². The highest BCUT2D eigenvalue weighted by Gasteiger charge is 2.30. The Hall–Kier alpha value is -2.27. The van der Waals surface area contributed by atoms with E-state index >= 15 is 0 Å². The second-order valence-electron chi connectivity index (χ2n) is 7.05. The van der Waals surface area contributed by atoms with Crippen molar-refractivity contribution in [2.75, 3.05) is 6.54 Å². The van der Waals surface area contributed by atoms with Gasteiger partial charge in [0.15, 0.2) is 0 Å². The van der Waals surface area contributed by atoms with Crippen molar-refractivity contribution >= 4 is 10.9 Å². The monoisotopic (exact) mass is 360 g/mol. The first-order valence-electron chi connectivity index (χ1n) is 8.79. The van der Waals surface area contributed by atoms with Crippen molar-refractivity contribution < 1.29 is 13.2 Å². The minimum atomic E-state index is -4.34. The first-order chi connectivity index (χ1) is 12.3. The van der Waals surface area contributed by atoms with Crippen LogP contribution in [0.4, 0.5) is 13.2 Å². The molecule has 0 radical (unpaired) electrons. The molecular formula is C21H23F3N2. The summed E-state index contributed by atoms with van der Waals surface area (Å²) in [6.45, 7) is 5.71. The lowest BCUT2D eigenvalue weighted by atomic mass is 10.0. The zero-order valence-electron chi connectivity index (χ0n) is 15.0. The molecule has 0 spiro atoms. The predicted octanol–water partition coefficient (Wildman–Crippen LogP) is 5.48. The largest absolute Gasteiger partial charge is 0.416 e. The molecule has 0 saturated heterocycles. The Balaban J connectivity index is 2.11. The van der Waals surface area contributed by atoms with E-state index in [0.717, 1.165) is 35.5 Å². The number of aromatic nitrogens is 1. The third-order valence-corrected chi connectivity index (χ3v) is 4.46. The highest BCUT2D eigenvalue weighted by Crippen LogP contribution is 2.34. The molecule has 0 saturated carbocycles. The molecule has 0 atom stereocenters. The van der Waals surface area contributed by atoms with Crippen LogP contribution in [0.3, 0.4) is 0 Å². The molecule has 0 amide bonds. The molecule has 0 aliphatic heterocycles. The molecule has 3 rings (SSSR count). The van der Waals surface area contributed by atoms with E-state index in [1.165, 1.54) is 17.7 Å². The summed E-state index contributed by atoms with van der Waals surface area (Å²) in [5.74, 6) is 0.466. The van der Waals surface area contributed by atoms with E-state index in [1.54, 1.807) is 6.07 Å². The van der Waals surface area contributed by atoms with Gasteiger partial charge < -0.3 is 10.3 Å². The van der Waals surface area contributed by atoms with Crippen LogP contribution in [0.25, 0.3) is 22.0 Å². The van der Waals surface area contributed by atoms with Crippen LogP contribution in [-0.4, -0.2) is 11.1 Å². The number of halogens is 3. The third kappa shape index (κ3) is 3.78. The van der Waals surface area contributed by atoms with Gasteiger partial charge in [-0.1, -0.05) is 38.1 Å². The number of rotatable bonds is 5. The van der Waals surface area contributed by atoms with Crippen molar-refractivity contribution in [3.8, 4) is 11.1 Å². The fourth-order valence-electron chi connectivity index (χ4n) is 3.32. The Bertz CT molecular complexity index is 907. The Morgan fingerprint density at radius 3 is 2.42 bits per heavy atom. The number of fused-ring (bicyclic) bond motifs is 1. The van der Waals surface area contributed by atoms with Crippen molar-refractivity contribution in [2.45, 2.75) is 33.0 Å². The zero-order valence-corrected chi connectivity index (χ0v) is 15.0. The molecule has 0 bridgehead atoms. The first kappa shape index (κ1) is 18.5. The van der Waals surface area contributed by atoms with Crippen molar-refractivity contribution in [3.05, 3.63) is 59.8 Å². The summed E-state index contributed by atoms with van der Waals surface area (Å²) in [6.07, 6.45) is -1.44. The van der Waals surface area contributed by atoms with E-state index in [0.29, 0.717) is 18.0 Å². The number of alkyl halides is 3. The fraction of sp³-hybridized carbons (Fsp3) is 0.333. The molecular weight excluding hydrogens is 337 g/mol. The van der Waals surface area contributed by atoms with Crippen LogP contribution in [0.2, 0.25) is 0 Å². The van der Waals surface area contributed by atoms with Gasteiger partial charge in [-0.15, -0.1) is 0 Å². The van der Waals surface area contributed by atoms with Gasteiger partial charge in [-0.3, -0.25) is 0 Å². The molecule has 0 unspecified atom stereocenters. The summed E-state index contributed by atoms with van der Waals surface area (Å²) in [7, 11) is 0. The minimum Gasteiger partial charge on any atom is -0.347 e. The highest BCUT2D eigenvalue weighted by atomic mass is 19.4. The molecule has 1 heterocycles. The SMILES string of the molecule is CC(C)Cn1cc(CCN)c2ccc(-c3cccc(C(F)(F)F)c3)cc21. The van der Waals surface area contributed by atoms with Gasteiger partial charge in [-0.05, 0) is 53.8 Å². The topological polar surface area (TPSA) is 30.9 Å². The molecule has 0 aliphatic rings. The van der Waals surface area contributed by atoms with Crippen LogP contribution >= 0.6 is 0 Å². The van der Waals surface area contributed by atoms with Crippen LogP contribution < -0.4 is 5.73 Å². The number of hydrogen-bond acceptors (Lipinski definition) is 1. The second-order valence-corrected chi connectivity index (χ2v) is 7.05. The standard InChI is InChI=1S/C21H23F3N2/c1-14(2)12-26-13-17(8-9-25)19-7-6-16(11-20(19)26)15-4-3-5-18(10-15)21(22,23)24/h3-7,10-11,13-14H,8-9,12,25H2,1-2H3. The minimum absolute atomic E-state index is 0.466. The van der Waals surface area contributed by atoms with Gasteiger partial charge >= 0.3 is 6.18 Å². The average Bonchev–Trinajstić information content (AvgIpc) is 2.91. The Kier molecular flexibility index (Phi) is 5.10. The second kappa shape index (κ2) is 7.16. The summed E-state index contributed by atoms with van der Waals surface area (Å²) in [5.41, 5.74) is 8.67. The molecule has 2 aromatic carbocycles. The van der Waals surface area contributed by atoms with Crippen LogP contribution in [0, 0.1) is 5.92 Å². The number of nitrogens with zero attached hydrogens (tertiary/aromatic N) is 1. The summed E-state index contributed by atoms with van der Waals surface area (Å²) in [4.78, 5) is 0. The van der Waals surface area contributed by atoms with Crippen molar-refractivity contribution in [3.63, 3.8) is 0 Å². The van der Waals surface area contributed by atoms with Crippen molar-refractivity contribution in [1.82, 2.24) is 4.57 Å². The zero-order chi connectivity index (χ0) is 18.9. The predicted molar refractivity (Wildman–Crippen MR) is 100.0 cm³/mol. The van der Waals surface area contributed by atoms with E-state index in [1.807, 2.05) is 18.2 Å². The van der Waals surface area contributed by atoms with Crippen LogP contribution in [0.15, 0.2) is 48.7 Å². The van der Waals surface area contributed by atoms with Gasteiger partial charge in [-0.25, -0.2) is 0 Å². The maximum absolute atomic E-state index is 13.0.